The number of imidazole rings is 1. The number of ether oxygens (including phenoxy) is 2. The van der Waals surface area contributed by atoms with Crippen molar-refractivity contribution >= 4 is 21.7 Å². The van der Waals surface area contributed by atoms with E-state index in [9.17, 15) is 10.1 Å². The monoisotopic (exact) mass is 405 g/mol. The van der Waals surface area contributed by atoms with Gasteiger partial charge in [-0.05, 0) is 35.6 Å². The quantitative estimate of drug-likeness (QED) is 0.330. The van der Waals surface area contributed by atoms with E-state index in [4.69, 9.17) is 9.47 Å². The molecule has 0 N–H and O–H groups in total. The van der Waals surface area contributed by atoms with Crippen LogP contribution in [-0.2, 0) is 11.3 Å². The fourth-order valence-corrected chi connectivity index (χ4v) is 2.63. The molecule has 0 spiro atoms. The molecular formula is C17H16BrN3O4. The first-order chi connectivity index (χ1) is 12.1. The molecule has 1 aliphatic rings. The molecular weight excluding hydrogens is 390 g/mol. The van der Waals surface area contributed by atoms with Crippen molar-refractivity contribution in [2.75, 3.05) is 13.2 Å². The zero-order chi connectivity index (χ0) is 17.6. The molecule has 1 aromatic heterocycles. The highest BCUT2D eigenvalue weighted by atomic mass is 79.9. The summed E-state index contributed by atoms with van der Waals surface area (Å²) in [7, 11) is 0. The van der Waals surface area contributed by atoms with Crippen molar-refractivity contribution in [2.45, 2.75) is 25.5 Å². The van der Waals surface area contributed by atoms with Crippen LogP contribution in [0.5, 0.6) is 6.01 Å². The Morgan fingerprint density at radius 1 is 1.44 bits per heavy atom. The zero-order valence-corrected chi connectivity index (χ0v) is 14.9. The maximum Gasteiger partial charge on any atom is 0.414 e. The van der Waals surface area contributed by atoms with Gasteiger partial charge in [0.2, 0.25) is 0 Å². The Labute approximate surface area is 153 Å². The van der Waals surface area contributed by atoms with Gasteiger partial charge >= 0.3 is 11.8 Å². The highest BCUT2D eigenvalue weighted by Crippen LogP contribution is 2.22. The molecule has 0 amide bonds. The Kier molecular flexibility index (Phi) is 5.68. The lowest BCUT2D eigenvalue weighted by molar-refractivity contribution is -0.389. The molecule has 130 valence electrons. The van der Waals surface area contributed by atoms with Crippen molar-refractivity contribution in [1.29, 1.82) is 0 Å². The molecule has 0 fully saturated rings. The topological polar surface area (TPSA) is 79.4 Å². The molecule has 0 aliphatic carbocycles. The van der Waals surface area contributed by atoms with E-state index in [0.717, 1.165) is 22.9 Å². The lowest BCUT2D eigenvalue weighted by Gasteiger charge is -2.22. The summed E-state index contributed by atoms with van der Waals surface area (Å²) >= 11 is 3.39. The van der Waals surface area contributed by atoms with Crippen LogP contribution >= 0.6 is 15.9 Å². The standard InChI is InChI=1S/C17H16BrN3O4/c18-14-7-5-13(6-8-14)4-2-1-3-9-24-15-10-20-11-16(21(22)23)19-17(20)25-12-15/h5-8,11,15H,1,3,9-10,12H2/t15-/m0/s1. The normalized spacial score (nSPS) is 15.6. The van der Waals surface area contributed by atoms with Gasteiger partial charge in [0, 0.05) is 28.0 Å². The van der Waals surface area contributed by atoms with Crippen molar-refractivity contribution in [2.24, 2.45) is 0 Å². The summed E-state index contributed by atoms with van der Waals surface area (Å²) in [4.78, 5) is 14.0. The van der Waals surface area contributed by atoms with E-state index < -0.39 is 4.92 Å². The number of hydrogen-bond acceptors (Lipinski definition) is 5. The minimum Gasteiger partial charge on any atom is -0.443 e. The molecule has 0 radical (unpaired) electrons. The second kappa shape index (κ2) is 8.14. The van der Waals surface area contributed by atoms with Gasteiger partial charge in [0.15, 0.2) is 0 Å². The molecule has 1 aliphatic heterocycles. The van der Waals surface area contributed by atoms with Crippen LogP contribution in [-0.4, -0.2) is 33.8 Å². The Balaban J connectivity index is 1.40. The van der Waals surface area contributed by atoms with E-state index in [1.165, 1.54) is 6.20 Å². The first-order valence-corrected chi connectivity index (χ1v) is 8.61. The lowest BCUT2D eigenvalue weighted by atomic mass is 10.2. The molecule has 2 aromatic rings. The lowest BCUT2D eigenvalue weighted by Crippen LogP contribution is -2.32. The summed E-state index contributed by atoms with van der Waals surface area (Å²) in [6.07, 6.45) is 2.79. The molecule has 0 saturated heterocycles. The fraction of sp³-hybridized carbons (Fsp3) is 0.353. The average Bonchev–Trinajstić information content (AvgIpc) is 3.03. The van der Waals surface area contributed by atoms with Crippen LogP contribution in [0.2, 0.25) is 0 Å². The maximum atomic E-state index is 10.7. The second-order valence-corrected chi connectivity index (χ2v) is 6.42. The van der Waals surface area contributed by atoms with Crippen LogP contribution in [0.3, 0.4) is 0 Å². The second-order valence-electron chi connectivity index (χ2n) is 5.51. The summed E-state index contributed by atoms with van der Waals surface area (Å²) in [6.45, 7) is 1.41. The minimum atomic E-state index is -0.533. The van der Waals surface area contributed by atoms with Gasteiger partial charge in [-0.1, -0.05) is 27.8 Å². The number of nitro groups is 1. The summed E-state index contributed by atoms with van der Waals surface area (Å²) in [5, 5.41) is 10.7. The number of unbranched alkanes of at least 4 members (excludes halogenated alkanes) is 1. The molecule has 3 rings (SSSR count). The first kappa shape index (κ1) is 17.5. The molecule has 0 bridgehead atoms. The fourth-order valence-electron chi connectivity index (χ4n) is 2.37. The van der Waals surface area contributed by atoms with Crippen LogP contribution in [0.4, 0.5) is 5.82 Å². The number of hydrogen-bond donors (Lipinski definition) is 0. The zero-order valence-electron chi connectivity index (χ0n) is 13.4. The van der Waals surface area contributed by atoms with Gasteiger partial charge in [0.1, 0.15) is 18.9 Å². The molecule has 25 heavy (non-hydrogen) atoms. The van der Waals surface area contributed by atoms with Gasteiger partial charge in [-0.3, -0.25) is 4.57 Å². The first-order valence-electron chi connectivity index (χ1n) is 7.82. The minimum absolute atomic E-state index is 0.138. The summed E-state index contributed by atoms with van der Waals surface area (Å²) in [5.41, 5.74) is 0.985. The third-order valence-corrected chi connectivity index (χ3v) is 4.12. The Morgan fingerprint density at radius 2 is 2.24 bits per heavy atom. The average molecular weight is 406 g/mol. The van der Waals surface area contributed by atoms with Crippen molar-refractivity contribution < 1.29 is 14.4 Å². The molecule has 2 heterocycles. The Morgan fingerprint density at radius 3 is 3.00 bits per heavy atom. The summed E-state index contributed by atoms with van der Waals surface area (Å²) in [5.74, 6) is 6.02. The highest BCUT2D eigenvalue weighted by Gasteiger charge is 2.27. The van der Waals surface area contributed by atoms with Crippen LogP contribution in [0.15, 0.2) is 34.9 Å². The molecule has 7 nitrogen and oxygen atoms in total. The van der Waals surface area contributed by atoms with Gasteiger partial charge < -0.3 is 19.6 Å². The van der Waals surface area contributed by atoms with E-state index in [-0.39, 0.29) is 17.9 Å². The van der Waals surface area contributed by atoms with Crippen molar-refractivity contribution in [1.82, 2.24) is 9.55 Å². The number of halogens is 1. The van der Waals surface area contributed by atoms with Crippen molar-refractivity contribution in [3.8, 4) is 17.9 Å². The Hall–Kier alpha value is -2.37. The van der Waals surface area contributed by atoms with Crippen LogP contribution in [0.25, 0.3) is 0 Å². The van der Waals surface area contributed by atoms with Gasteiger partial charge in [0.25, 0.3) is 0 Å². The van der Waals surface area contributed by atoms with Gasteiger partial charge in [-0.25, -0.2) is 0 Å². The number of benzene rings is 1. The number of rotatable bonds is 5. The predicted octanol–water partition coefficient (Wildman–Crippen LogP) is 3.16. The smallest absolute Gasteiger partial charge is 0.414 e. The van der Waals surface area contributed by atoms with Crippen molar-refractivity contribution in [3.05, 3.63) is 50.6 Å². The van der Waals surface area contributed by atoms with E-state index in [1.807, 2.05) is 24.3 Å². The number of nitrogens with zero attached hydrogens (tertiary/aromatic N) is 3. The summed E-state index contributed by atoms with van der Waals surface area (Å²) in [6, 6.07) is 8.13. The molecule has 1 atom stereocenters. The van der Waals surface area contributed by atoms with Crippen LogP contribution in [0.1, 0.15) is 18.4 Å². The largest absolute Gasteiger partial charge is 0.443 e. The van der Waals surface area contributed by atoms with Crippen LogP contribution in [0, 0.1) is 22.0 Å². The third-order valence-electron chi connectivity index (χ3n) is 3.59. The maximum absolute atomic E-state index is 10.7. The highest BCUT2D eigenvalue weighted by molar-refractivity contribution is 9.10. The van der Waals surface area contributed by atoms with E-state index in [1.54, 1.807) is 4.57 Å². The predicted molar refractivity (Wildman–Crippen MR) is 94.4 cm³/mol. The molecule has 8 heteroatoms. The van der Waals surface area contributed by atoms with Crippen molar-refractivity contribution in [3.63, 3.8) is 0 Å². The van der Waals surface area contributed by atoms with Gasteiger partial charge in [-0.15, -0.1) is 0 Å². The van der Waals surface area contributed by atoms with E-state index in [2.05, 4.69) is 32.8 Å². The SMILES string of the molecule is O=[N+]([O-])c1cn2c(n1)OC[C@@H](OCCCC#Cc1ccc(Br)cc1)C2. The van der Waals surface area contributed by atoms with Gasteiger partial charge in [-0.2, -0.15) is 0 Å². The molecule has 0 saturated carbocycles. The third kappa shape index (κ3) is 4.81. The Bertz CT molecular complexity index is 808. The molecule has 1 aromatic carbocycles. The van der Waals surface area contributed by atoms with Gasteiger partial charge in [0.05, 0.1) is 6.54 Å². The van der Waals surface area contributed by atoms with E-state index in [0.29, 0.717) is 19.8 Å². The van der Waals surface area contributed by atoms with E-state index >= 15 is 0 Å². The number of aromatic nitrogens is 2. The van der Waals surface area contributed by atoms with Crippen LogP contribution < -0.4 is 4.74 Å². The summed E-state index contributed by atoms with van der Waals surface area (Å²) < 4.78 is 13.8. The molecule has 0 unspecified atom stereocenters. The number of fused-ring (bicyclic) bond motifs is 1.